The van der Waals surface area contributed by atoms with Crippen LogP contribution in [0.5, 0.6) is 0 Å². The number of nitro groups is 1. The number of benzene rings is 1. The Labute approximate surface area is 94.3 Å². The van der Waals surface area contributed by atoms with Crippen molar-refractivity contribution < 1.29 is 10.0 Å². The van der Waals surface area contributed by atoms with Crippen LogP contribution in [0.3, 0.4) is 0 Å². The molecule has 16 heavy (non-hydrogen) atoms. The smallest absolute Gasteiger partial charge is 0.274 e. The van der Waals surface area contributed by atoms with Gasteiger partial charge in [0.1, 0.15) is 0 Å². The molecule has 1 aromatic rings. The van der Waals surface area contributed by atoms with E-state index in [0.29, 0.717) is 12.1 Å². The molecule has 0 saturated carbocycles. The summed E-state index contributed by atoms with van der Waals surface area (Å²) in [5.74, 6) is 0. The molecule has 1 aromatic carbocycles. The Kier molecular flexibility index (Phi) is 4.39. The fourth-order valence-electron chi connectivity index (χ4n) is 1.48. The number of aliphatic hydroxyl groups excluding tert-OH is 1. The molecule has 5 nitrogen and oxygen atoms in total. The molecule has 2 N–H and O–H groups in total. The molecule has 88 valence electrons. The van der Waals surface area contributed by atoms with Crippen molar-refractivity contribution in [2.24, 2.45) is 0 Å². The molecule has 0 fully saturated rings. The minimum Gasteiger partial charge on any atom is -0.392 e. The van der Waals surface area contributed by atoms with Gasteiger partial charge in [0.25, 0.3) is 5.69 Å². The van der Waals surface area contributed by atoms with Crippen LogP contribution < -0.4 is 5.32 Å². The summed E-state index contributed by atoms with van der Waals surface area (Å²) in [5.41, 5.74) is 0.737. The van der Waals surface area contributed by atoms with E-state index in [4.69, 9.17) is 5.11 Å². The average molecular weight is 224 g/mol. The highest BCUT2D eigenvalue weighted by molar-refractivity contribution is 5.41. The van der Waals surface area contributed by atoms with Crippen LogP contribution in [0.15, 0.2) is 24.3 Å². The van der Waals surface area contributed by atoms with Gasteiger partial charge in [0.2, 0.25) is 0 Å². The number of hydrogen-bond donors (Lipinski definition) is 2. The second-order valence-electron chi connectivity index (χ2n) is 3.79. The fraction of sp³-hybridized carbons (Fsp3) is 0.455. The number of aliphatic hydroxyl groups is 1. The van der Waals surface area contributed by atoms with Gasteiger partial charge >= 0.3 is 0 Å². The summed E-state index contributed by atoms with van der Waals surface area (Å²) in [6.07, 6.45) is -0.467. The third-order valence-electron chi connectivity index (χ3n) is 2.32. The third-order valence-corrected chi connectivity index (χ3v) is 2.32. The number of para-hydroxylation sites is 1. The number of nitro benzene ring substituents is 1. The van der Waals surface area contributed by atoms with E-state index in [2.05, 4.69) is 5.32 Å². The quantitative estimate of drug-likeness (QED) is 0.588. The molecule has 1 rings (SSSR count). The molecule has 1 unspecified atom stereocenters. The van der Waals surface area contributed by atoms with Gasteiger partial charge in [-0.25, -0.2) is 0 Å². The van der Waals surface area contributed by atoms with Crippen molar-refractivity contribution in [3.05, 3.63) is 39.9 Å². The van der Waals surface area contributed by atoms with Gasteiger partial charge in [-0.1, -0.05) is 18.2 Å². The van der Waals surface area contributed by atoms with E-state index in [0.717, 1.165) is 0 Å². The predicted octanol–water partition coefficient (Wildman–Crippen LogP) is 1.63. The van der Waals surface area contributed by atoms with Crippen molar-refractivity contribution in [2.75, 3.05) is 6.54 Å². The van der Waals surface area contributed by atoms with Crippen LogP contribution in [-0.2, 0) is 0 Å². The molecule has 0 saturated heterocycles. The van der Waals surface area contributed by atoms with Crippen molar-refractivity contribution in [2.45, 2.75) is 26.0 Å². The maximum absolute atomic E-state index is 10.8. The third kappa shape index (κ3) is 3.29. The lowest BCUT2D eigenvalue weighted by molar-refractivity contribution is -0.385. The lowest BCUT2D eigenvalue weighted by Gasteiger charge is -2.15. The number of rotatable bonds is 5. The Morgan fingerprint density at radius 3 is 2.62 bits per heavy atom. The van der Waals surface area contributed by atoms with Crippen molar-refractivity contribution >= 4 is 5.69 Å². The highest BCUT2D eigenvalue weighted by Gasteiger charge is 2.17. The van der Waals surface area contributed by atoms with E-state index in [1.165, 1.54) is 6.07 Å². The van der Waals surface area contributed by atoms with Gasteiger partial charge in [0.05, 0.1) is 11.0 Å². The van der Waals surface area contributed by atoms with Crippen LogP contribution in [0.1, 0.15) is 25.5 Å². The highest BCUT2D eigenvalue weighted by atomic mass is 16.6. The summed E-state index contributed by atoms with van der Waals surface area (Å²) < 4.78 is 0. The first-order valence-electron chi connectivity index (χ1n) is 5.17. The molecule has 0 spiro atoms. The van der Waals surface area contributed by atoms with Gasteiger partial charge in [-0.05, 0) is 13.8 Å². The molecule has 0 heterocycles. The zero-order chi connectivity index (χ0) is 12.1. The van der Waals surface area contributed by atoms with E-state index in [-0.39, 0.29) is 11.7 Å². The lowest BCUT2D eigenvalue weighted by Crippen LogP contribution is -2.27. The fourth-order valence-corrected chi connectivity index (χ4v) is 1.48. The van der Waals surface area contributed by atoms with Crippen LogP contribution in [0.4, 0.5) is 5.69 Å². The summed E-state index contributed by atoms with van der Waals surface area (Å²) in [5, 5.41) is 23.0. The minimum atomic E-state index is -0.467. The molecule has 0 aliphatic rings. The van der Waals surface area contributed by atoms with Gasteiger partial charge in [0.15, 0.2) is 0 Å². The molecular formula is C11H16N2O3. The lowest BCUT2D eigenvalue weighted by atomic mass is 10.1. The Bertz CT molecular complexity index is 366. The summed E-state index contributed by atoms with van der Waals surface area (Å²) in [7, 11) is 0. The van der Waals surface area contributed by atoms with Crippen molar-refractivity contribution in [1.29, 1.82) is 0 Å². The van der Waals surface area contributed by atoms with E-state index in [9.17, 15) is 10.1 Å². The summed E-state index contributed by atoms with van der Waals surface area (Å²) in [6.45, 7) is 3.91. The molecule has 2 atom stereocenters. The summed E-state index contributed by atoms with van der Waals surface area (Å²) in [6, 6.07) is 6.45. The molecule has 0 bridgehead atoms. The number of nitrogens with zero attached hydrogens (tertiary/aromatic N) is 1. The standard InChI is InChI=1S/C11H16N2O3/c1-8(14)7-12-9(2)10-5-3-4-6-11(10)13(15)16/h3-6,8-9,12,14H,7H2,1-2H3/t8-,9?/m0/s1. The van der Waals surface area contributed by atoms with Crippen LogP contribution in [0.25, 0.3) is 0 Å². The summed E-state index contributed by atoms with van der Waals surface area (Å²) >= 11 is 0. The zero-order valence-corrected chi connectivity index (χ0v) is 9.38. The first-order chi connectivity index (χ1) is 7.52. The Morgan fingerprint density at radius 2 is 2.06 bits per heavy atom. The summed E-state index contributed by atoms with van der Waals surface area (Å²) in [4.78, 5) is 10.4. The highest BCUT2D eigenvalue weighted by Crippen LogP contribution is 2.24. The molecule has 0 radical (unpaired) electrons. The van der Waals surface area contributed by atoms with Gasteiger partial charge in [0, 0.05) is 24.2 Å². The first kappa shape index (κ1) is 12.6. The van der Waals surface area contributed by atoms with E-state index >= 15 is 0 Å². The average Bonchev–Trinajstić information content (AvgIpc) is 2.25. The van der Waals surface area contributed by atoms with Crippen molar-refractivity contribution in [3.8, 4) is 0 Å². The maximum atomic E-state index is 10.8. The predicted molar refractivity (Wildman–Crippen MR) is 61.2 cm³/mol. The van der Waals surface area contributed by atoms with Crippen LogP contribution in [-0.4, -0.2) is 22.7 Å². The van der Waals surface area contributed by atoms with Gasteiger partial charge in [-0.3, -0.25) is 10.1 Å². The van der Waals surface area contributed by atoms with Crippen molar-refractivity contribution in [1.82, 2.24) is 5.32 Å². The van der Waals surface area contributed by atoms with Gasteiger partial charge < -0.3 is 10.4 Å². The number of nitrogens with one attached hydrogen (secondary N) is 1. The largest absolute Gasteiger partial charge is 0.392 e. The second-order valence-corrected chi connectivity index (χ2v) is 3.79. The van der Waals surface area contributed by atoms with E-state index < -0.39 is 11.0 Å². The molecule has 5 heteroatoms. The number of hydrogen-bond acceptors (Lipinski definition) is 4. The molecular weight excluding hydrogens is 208 g/mol. The SMILES string of the molecule is CC(NC[C@H](C)O)c1ccccc1[N+](=O)[O-]. The molecule has 0 aliphatic heterocycles. The molecule has 0 amide bonds. The van der Waals surface area contributed by atoms with Crippen molar-refractivity contribution in [3.63, 3.8) is 0 Å². The van der Waals surface area contributed by atoms with Gasteiger partial charge in [-0.15, -0.1) is 0 Å². The normalized spacial score (nSPS) is 14.4. The Hall–Kier alpha value is -1.46. The van der Waals surface area contributed by atoms with Crippen LogP contribution in [0.2, 0.25) is 0 Å². The van der Waals surface area contributed by atoms with Crippen LogP contribution >= 0.6 is 0 Å². The zero-order valence-electron chi connectivity index (χ0n) is 9.38. The first-order valence-corrected chi connectivity index (χ1v) is 5.17. The Balaban J connectivity index is 2.82. The van der Waals surface area contributed by atoms with E-state index in [1.807, 2.05) is 6.92 Å². The second kappa shape index (κ2) is 5.58. The maximum Gasteiger partial charge on any atom is 0.274 e. The topological polar surface area (TPSA) is 75.4 Å². The Morgan fingerprint density at radius 1 is 1.44 bits per heavy atom. The minimum absolute atomic E-state index is 0.105. The monoisotopic (exact) mass is 224 g/mol. The van der Waals surface area contributed by atoms with Gasteiger partial charge in [-0.2, -0.15) is 0 Å². The van der Waals surface area contributed by atoms with E-state index in [1.54, 1.807) is 25.1 Å². The molecule has 0 aromatic heterocycles. The molecule has 0 aliphatic carbocycles. The van der Waals surface area contributed by atoms with Crippen LogP contribution in [0, 0.1) is 10.1 Å².